The first-order valence-electron chi connectivity index (χ1n) is 7.68. The van der Waals surface area contributed by atoms with Crippen LogP contribution in [-0.2, 0) is 9.53 Å². The average molecular weight is 290 g/mol. The number of rotatable bonds is 6. The van der Waals surface area contributed by atoms with Gasteiger partial charge in [-0.2, -0.15) is 0 Å². The minimum atomic E-state index is -0.0785. The van der Waals surface area contributed by atoms with Crippen LogP contribution in [0.2, 0.25) is 0 Å². The van der Waals surface area contributed by atoms with Gasteiger partial charge in [0.25, 0.3) is 0 Å². The van der Waals surface area contributed by atoms with Crippen molar-refractivity contribution in [2.24, 2.45) is 5.92 Å². The Balaban J connectivity index is 2.22. The fourth-order valence-corrected chi connectivity index (χ4v) is 2.96. The van der Waals surface area contributed by atoms with Crippen molar-refractivity contribution in [2.45, 2.75) is 39.4 Å². The molecule has 1 saturated heterocycles. The predicted molar refractivity (Wildman–Crippen MR) is 83.9 cm³/mol. The number of methoxy groups -OCH3 is 1. The van der Waals surface area contributed by atoms with Crippen molar-refractivity contribution in [3.05, 3.63) is 35.4 Å². The number of nitrogens with zero attached hydrogens (tertiary/aromatic N) is 1. The first kappa shape index (κ1) is 16.0. The van der Waals surface area contributed by atoms with E-state index < -0.39 is 0 Å². The van der Waals surface area contributed by atoms with Crippen LogP contribution in [0.5, 0.6) is 0 Å². The molecule has 1 amide bonds. The van der Waals surface area contributed by atoms with Crippen molar-refractivity contribution < 1.29 is 9.53 Å². The van der Waals surface area contributed by atoms with Gasteiger partial charge in [0.15, 0.2) is 0 Å². The number of amides is 1. The van der Waals surface area contributed by atoms with E-state index in [0.717, 1.165) is 18.5 Å². The summed E-state index contributed by atoms with van der Waals surface area (Å²) in [5, 5.41) is 3.47. The molecule has 1 fully saturated rings. The van der Waals surface area contributed by atoms with E-state index >= 15 is 0 Å². The van der Waals surface area contributed by atoms with Gasteiger partial charge in [-0.1, -0.05) is 43.7 Å². The zero-order chi connectivity index (χ0) is 15.4. The molecule has 0 aliphatic carbocycles. The lowest BCUT2D eigenvalue weighted by Gasteiger charge is -2.27. The second kappa shape index (κ2) is 7.05. The van der Waals surface area contributed by atoms with Gasteiger partial charge >= 0.3 is 0 Å². The molecule has 0 aromatic heterocycles. The van der Waals surface area contributed by atoms with Crippen molar-refractivity contribution in [2.75, 3.05) is 20.3 Å². The average Bonchev–Trinajstić information content (AvgIpc) is 2.76. The Labute approximate surface area is 127 Å². The normalized spacial score (nSPS) is 23.6. The van der Waals surface area contributed by atoms with E-state index in [-0.39, 0.29) is 18.1 Å². The third-order valence-corrected chi connectivity index (χ3v) is 3.98. The van der Waals surface area contributed by atoms with E-state index in [1.54, 1.807) is 7.11 Å². The van der Waals surface area contributed by atoms with Crippen molar-refractivity contribution in [1.82, 2.24) is 10.2 Å². The highest BCUT2D eigenvalue weighted by molar-refractivity contribution is 5.84. The number of hydrogen-bond donors (Lipinski definition) is 1. The minimum absolute atomic E-state index is 0.0262. The minimum Gasteiger partial charge on any atom is -0.384 e. The molecule has 1 aliphatic heterocycles. The molecule has 0 spiro atoms. The first-order valence-corrected chi connectivity index (χ1v) is 7.68. The van der Waals surface area contributed by atoms with E-state index in [1.807, 2.05) is 17.9 Å². The van der Waals surface area contributed by atoms with Gasteiger partial charge in [0.1, 0.15) is 6.17 Å². The number of carbonyl (C=O) groups excluding carboxylic acids is 1. The molecule has 0 radical (unpaired) electrons. The fourth-order valence-electron chi connectivity index (χ4n) is 2.96. The van der Waals surface area contributed by atoms with Gasteiger partial charge < -0.3 is 9.64 Å². The molecule has 3 unspecified atom stereocenters. The van der Waals surface area contributed by atoms with Crippen LogP contribution < -0.4 is 5.32 Å². The number of aryl methyl sites for hydroxylation is 1. The molecular formula is C17H26N2O2. The topological polar surface area (TPSA) is 41.6 Å². The molecule has 116 valence electrons. The summed E-state index contributed by atoms with van der Waals surface area (Å²) in [5.74, 6) is 0.524. The van der Waals surface area contributed by atoms with Gasteiger partial charge in [-0.15, -0.1) is 0 Å². The summed E-state index contributed by atoms with van der Waals surface area (Å²) in [7, 11) is 1.70. The van der Waals surface area contributed by atoms with E-state index in [0.29, 0.717) is 12.5 Å². The Kier molecular flexibility index (Phi) is 5.37. The second-order valence-corrected chi connectivity index (χ2v) is 6.00. The van der Waals surface area contributed by atoms with Crippen molar-refractivity contribution in [3.63, 3.8) is 0 Å². The number of nitrogens with one attached hydrogen (secondary N) is 1. The lowest BCUT2D eigenvalue weighted by Crippen LogP contribution is -2.35. The Hall–Kier alpha value is -1.39. The first-order chi connectivity index (χ1) is 10.1. The molecule has 1 N–H and O–H groups in total. The number of hydrogen-bond acceptors (Lipinski definition) is 3. The van der Waals surface area contributed by atoms with Crippen molar-refractivity contribution >= 4 is 5.91 Å². The Morgan fingerprint density at radius 1 is 1.43 bits per heavy atom. The molecule has 3 atom stereocenters. The molecule has 2 rings (SSSR count). The summed E-state index contributed by atoms with van der Waals surface area (Å²) in [4.78, 5) is 14.5. The van der Waals surface area contributed by atoms with Crippen LogP contribution in [0, 0.1) is 12.8 Å². The second-order valence-electron chi connectivity index (χ2n) is 6.00. The third-order valence-electron chi connectivity index (χ3n) is 3.98. The zero-order valence-electron chi connectivity index (χ0n) is 13.4. The Bertz CT molecular complexity index is 489. The maximum atomic E-state index is 12.6. The summed E-state index contributed by atoms with van der Waals surface area (Å²) < 4.78 is 5.20. The maximum absolute atomic E-state index is 12.6. The SMILES string of the molecule is CCC1NC(c2cccc(C)c2)N(CC(C)COC)C1=O. The van der Waals surface area contributed by atoms with Crippen LogP contribution in [0.15, 0.2) is 24.3 Å². The lowest BCUT2D eigenvalue weighted by molar-refractivity contribution is -0.131. The summed E-state index contributed by atoms with van der Waals surface area (Å²) in [5.41, 5.74) is 2.37. The monoisotopic (exact) mass is 290 g/mol. The Morgan fingerprint density at radius 3 is 2.81 bits per heavy atom. The molecular weight excluding hydrogens is 264 g/mol. The highest BCUT2D eigenvalue weighted by atomic mass is 16.5. The smallest absolute Gasteiger partial charge is 0.241 e. The summed E-state index contributed by atoms with van der Waals surface area (Å²) in [6, 6.07) is 8.29. The van der Waals surface area contributed by atoms with Crippen LogP contribution in [0.25, 0.3) is 0 Å². The van der Waals surface area contributed by atoms with Gasteiger partial charge in [0.05, 0.1) is 12.6 Å². The molecule has 21 heavy (non-hydrogen) atoms. The van der Waals surface area contributed by atoms with Gasteiger partial charge in [-0.3, -0.25) is 10.1 Å². The van der Waals surface area contributed by atoms with Gasteiger partial charge in [-0.05, 0) is 24.8 Å². The maximum Gasteiger partial charge on any atom is 0.241 e. The number of ether oxygens (including phenoxy) is 1. The van der Waals surface area contributed by atoms with Crippen LogP contribution in [-0.4, -0.2) is 37.1 Å². The lowest BCUT2D eigenvalue weighted by atomic mass is 10.1. The summed E-state index contributed by atoms with van der Waals surface area (Å²) in [6.45, 7) is 7.62. The quantitative estimate of drug-likeness (QED) is 0.875. The van der Waals surface area contributed by atoms with Crippen LogP contribution >= 0.6 is 0 Å². The highest BCUT2D eigenvalue weighted by Gasteiger charge is 2.38. The molecule has 1 aromatic carbocycles. The van der Waals surface area contributed by atoms with Crippen molar-refractivity contribution in [1.29, 1.82) is 0 Å². The Morgan fingerprint density at radius 2 is 2.19 bits per heavy atom. The molecule has 0 bridgehead atoms. The van der Waals surface area contributed by atoms with Crippen LogP contribution in [0.1, 0.15) is 37.6 Å². The van der Waals surface area contributed by atoms with Gasteiger partial charge in [-0.25, -0.2) is 0 Å². The van der Waals surface area contributed by atoms with Crippen LogP contribution in [0.4, 0.5) is 0 Å². The standard InChI is InChI=1S/C17H26N2O2/c1-5-15-17(20)19(10-13(3)11-21-4)16(18-15)14-8-6-7-12(2)9-14/h6-9,13,15-16,18H,5,10-11H2,1-4H3. The van der Waals surface area contributed by atoms with Crippen molar-refractivity contribution in [3.8, 4) is 0 Å². The molecule has 1 aliphatic rings. The highest BCUT2D eigenvalue weighted by Crippen LogP contribution is 2.27. The number of carbonyl (C=O) groups is 1. The summed E-state index contributed by atoms with van der Waals surface area (Å²) in [6.07, 6.45) is 0.790. The van der Waals surface area contributed by atoms with E-state index in [9.17, 15) is 4.79 Å². The zero-order valence-corrected chi connectivity index (χ0v) is 13.4. The molecule has 0 saturated carbocycles. The fraction of sp³-hybridized carbons (Fsp3) is 0.588. The van der Waals surface area contributed by atoms with Crippen LogP contribution in [0.3, 0.4) is 0 Å². The number of benzene rings is 1. The van der Waals surface area contributed by atoms with Gasteiger partial charge in [0, 0.05) is 13.7 Å². The molecule has 4 heteroatoms. The van der Waals surface area contributed by atoms with E-state index in [4.69, 9.17) is 4.74 Å². The molecule has 1 heterocycles. The van der Waals surface area contributed by atoms with E-state index in [1.165, 1.54) is 5.56 Å². The van der Waals surface area contributed by atoms with Gasteiger partial charge in [0.2, 0.25) is 5.91 Å². The predicted octanol–water partition coefficient (Wildman–Crippen LogP) is 2.49. The largest absolute Gasteiger partial charge is 0.384 e. The molecule has 1 aromatic rings. The third kappa shape index (κ3) is 3.63. The molecule has 4 nitrogen and oxygen atoms in total. The van der Waals surface area contributed by atoms with E-state index in [2.05, 4.69) is 37.4 Å². The summed E-state index contributed by atoms with van der Waals surface area (Å²) >= 11 is 0.